The minimum absolute atomic E-state index is 0.124. The van der Waals surface area contributed by atoms with E-state index in [0.29, 0.717) is 12.1 Å². The molecule has 2 heterocycles. The van der Waals surface area contributed by atoms with Gasteiger partial charge in [0, 0.05) is 55.5 Å². The molecule has 0 unspecified atom stereocenters. The fraction of sp³-hybridized carbons (Fsp3) is 0.800. The Morgan fingerprint density at radius 2 is 2.04 bits per heavy atom. The minimum atomic E-state index is 0.124. The van der Waals surface area contributed by atoms with Crippen LogP contribution >= 0.6 is 11.3 Å². The van der Waals surface area contributed by atoms with Gasteiger partial charge in [0.1, 0.15) is 0 Å². The number of likely N-dealkylation sites (tertiary alicyclic amines) is 1. The molecule has 2 N–H and O–H groups in total. The van der Waals surface area contributed by atoms with Crippen LogP contribution in [0.25, 0.3) is 0 Å². The van der Waals surface area contributed by atoms with Crippen LogP contribution in [0.3, 0.4) is 0 Å². The lowest BCUT2D eigenvalue weighted by molar-refractivity contribution is 0.167. The van der Waals surface area contributed by atoms with Crippen LogP contribution in [0.4, 0.5) is 0 Å². The number of piperidine rings is 1. The van der Waals surface area contributed by atoms with Gasteiger partial charge in [-0.3, -0.25) is 4.99 Å². The summed E-state index contributed by atoms with van der Waals surface area (Å²) >= 11 is 1.75. The molecule has 1 aromatic heterocycles. The molecule has 0 saturated carbocycles. The molecule has 2 rings (SSSR count). The molecular formula is C20H37N5S. The van der Waals surface area contributed by atoms with E-state index in [1.165, 1.54) is 36.6 Å². The topological polar surface area (TPSA) is 52.6 Å². The maximum Gasteiger partial charge on any atom is 0.191 e. The van der Waals surface area contributed by atoms with Crippen molar-refractivity contribution in [1.29, 1.82) is 0 Å². The Morgan fingerprint density at radius 1 is 1.35 bits per heavy atom. The fourth-order valence-electron chi connectivity index (χ4n) is 3.11. The highest BCUT2D eigenvalue weighted by molar-refractivity contribution is 7.09. The van der Waals surface area contributed by atoms with Crippen LogP contribution in [0, 0.1) is 0 Å². The van der Waals surface area contributed by atoms with E-state index < -0.39 is 0 Å². The molecule has 6 heteroatoms. The minimum Gasteiger partial charge on any atom is -0.357 e. The number of nitrogens with one attached hydrogen (secondary N) is 2. The van der Waals surface area contributed by atoms with E-state index in [-0.39, 0.29) is 5.41 Å². The number of thiazole rings is 1. The Hall–Kier alpha value is -1.14. The zero-order valence-corrected chi connectivity index (χ0v) is 18.2. The van der Waals surface area contributed by atoms with E-state index in [0.717, 1.165) is 25.5 Å². The second kappa shape index (κ2) is 9.70. The Bertz CT molecular complexity index is 565. The maximum atomic E-state index is 4.78. The third kappa shape index (κ3) is 6.54. The highest BCUT2D eigenvalue weighted by Crippen LogP contribution is 2.24. The van der Waals surface area contributed by atoms with Crippen molar-refractivity contribution in [1.82, 2.24) is 20.5 Å². The smallest absolute Gasteiger partial charge is 0.191 e. The van der Waals surface area contributed by atoms with Gasteiger partial charge in [0.05, 0.1) is 10.7 Å². The van der Waals surface area contributed by atoms with E-state index in [4.69, 9.17) is 9.98 Å². The van der Waals surface area contributed by atoms with Gasteiger partial charge in [0.2, 0.25) is 0 Å². The number of aromatic nitrogens is 1. The van der Waals surface area contributed by atoms with Crippen molar-refractivity contribution in [2.45, 2.75) is 78.3 Å². The quantitative estimate of drug-likeness (QED) is 0.587. The summed E-state index contributed by atoms with van der Waals surface area (Å²) in [5, 5.41) is 10.4. The van der Waals surface area contributed by atoms with E-state index in [1.54, 1.807) is 11.3 Å². The summed E-state index contributed by atoms with van der Waals surface area (Å²) in [5.74, 6) is 0.947. The van der Waals surface area contributed by atoms with Gasteiger partial charge in [-0.05, 0) is 33.6 Å². The van der Waals surface area contributed by atoms with Crippen molar-refractivity contribution in [3.8, 4) is 0 Å². The maximum absolute atomic E-state index is 4.78. The van der Waals surface area contributed by atoms with E-state index >= 15 is 0 Å². The molecule has 1 aliphatic rings. The molecule has 0 atom stereocenters. The van der Waals surface area contributed by atoms with E-state index in [9.17, 15) is 0 Å². The van der Waals surface area contributed by atoms with Gasteiger partial charge in [0.15, 0.2) is 5.96 Å². The highest BCUT2D eigenvalue weighted by Gasteiger charge is 2.21. The second-order valence-corrected chi connectivity index (χ2v) is 9.38. The Balaban J connectivity index is 1.84. The summed E-state index contributed by atoms with van der Waals surface area (Å²) < 4.78 is 0. The first kappa shape index (κ1) is 21.2. The van der Waals surface area contributed by atoms with Crippen LogP contribution in [0.5, 0.6) is 0 Å². The third-order valence-electron chi connectivity index (χ3n) is 4.86. The fourth-order valence-corrected chi connectivity index (χ4v) is 4.12. The largest absolute Gasteiger partial charge is 0.357 e. The monoisotopic (exact) mass is 379 g/mol. The Labute approximate surface area is 163 Å². The Kier molecular flexibility index (Phi) is 7.89. The van der Waals surface area contributed by atoms with Gasteiger partial charge in [-0.25, -0.2) is 4.98 Å². The molecule has 0 spiro atoms. The molecular weight excluding hydrogens is 342 g/mol. The molecule has 0 radical (unpaired) electrons. The predicted molar refractivity (Wildman–Crippen MR) is 113 cm³/mol. The van der Waals surface area contributed by atoms with Crippen molar-refractivity contribution in [3.63, 3.8) is 0 Å². The molecule has 0 amide bonds. The van der Waals surface area contributed by atoms with Crippen molar-refractivity contribution >= 4 is 17.3 Å². The number of nitrogens with zero attached hydrogens (tertiary/aromatic N) is 3. The average Bonchev–Trinajstić information content (AvgIpc) is 3.05. The molecule has 0 aromatic carbocycles. The average molecular weight is 380 g/mol. The molecule has 0 aliphatic carbocycles. The predicted octanol–water partition coefficient (Wildman–Crippen LogP) is 3.41. The van der Waals surface area contributed by atoms with E-state index in [2.05, 4.69) is 62.5 Å². The van der Waals surface area contributed by atoms with Crippen LogP contribution in [0.15, 0.2) is 10.4 Å². The normalized spacial score (nSPS) is 17.7. The van der Waals surface area contributed by atoms with E-state index in [1.807, 2.05) is 0 Å². The van der Waals surface area contributed by atoms with Gasteiger partial charge in [-0.15, -0.1) is 11.3 Å². The molecule has 26 heavy (non-hydrogen) atoms. The summed E-state index contributed by atoms with van der Waals surface area (Å²) in [6.07, 6.45) is 3.27. The number of aliphatic imine (C=N–C) groups is 1. The third-order valence-corrected chi connectivity index (χ3v) is 5.77. The summed E-state index contributed by atoms with van der Waals surface area (Å²) in [7, 11) is 0. The zero-order chi connectivity index (χ0) is 19.2. The number of guanidine groups is 1. The van der Waals surface area contributed by atoms with Crippen molar-refractivity contribution in [2.24, 2.45) is 4.99 Å². The zero-order valence-electron chi connectivity index (χ0n) is 17.4. The van der Waals surface area contributed by atoms with Crippen LogP contribution < -0.4 is 10.6 Å². The summed E-state index contributed by atoms with van der Waals surface area (Å²) in [6.45, 7) is 17.3. The summed E-state index contributed by atoms with van der Waals surface area (Å²) in [5.41, 5.74) is 1.31. The first-order valence-electron chi connectivity index (χ1n) is 10.0. The molecule has 1 fully saturated rings. The molecule has 5 nitrogen and oxygen atoms in total. The van der Waals surface area contributed by atoms with Crippen LogP contribution in [0.2, 0.25) is 0 Å². The molecule has 1 aromatic rings. The van der Waals surface area contributed by atoms with Crippen LogP contribution in [-0.4, -0.2) is 54.1 Å². The lowest BCUT2D eigenvalue weighted by atomic mass is 9.93. The summed E-state index contributed by atoms with van der Waals surface area (Å²) in [6, 6.07) is 1.17. The Morgan fingerprint density at radius 3 is 2.58 bits per heavy atom. The number of rotatable bonds is 6. The lowest BCUT2D eigenvalue weighted by Crippen LogP contribution is -2.49. The number of hydrogen-bond acceptors (Lipinski definition) is 4. The van der Waals surface area contributed by atoms with Gasteiger partial charge in [-0.1, -0.05) is 20.8 Å². The first-order chi connectivity index (χ1) is 12.3. The van der Waals surface area contributed by atoms with Crippen molar-refractivity contribution in [2.75, 3.05) is 26.2 Å². The van der Waals surface area contributed by atoms with Gasteiger partial charge >= 0.3 is 0 Å². The van der Waals surface area contributed by atoms with Crippen LogP contribution in [0.1, 0.15) is 65.1 Å². The number of hydrogen-bond donors (Lipinski definition) is 2. The standard InChI is InChI=1S/C20H37N5S/c1-7-21-19(23-16-9-12-25(13-10-16)15(2)3)22-11-8-18-24-17(14-26-18)20(4,5)6/h14-16H,7-13H2,1-6H3,(H2,21,22,23). The molecule has 1 saturated heterocycles. The SMILES string of the molecule is CCNC(=NCCc1nc(C(C)(C)C)cs1)NC1CCN(C(C)C)CC1. The lowest BCUT2D eigenvalue weighted by Gasteiger charge is -2.35. The highest BCUT2D eigenvalue weighted by atomic mass is 32.1. The first-order valence-corrected chi connectivity index (χ1v) is 10.9. The summed E-state index contributed by atoms with van der Waals surface area (Å²) in [4.78, 5) is 12.1. The second-order valence-electron chi connectivity index (χ2n) is 8.44. The molecule has 0 bridgehead atoms. The van der Waals surface area contributed by atoms with Crippen molar-refractivity contribution < 1.29 is 0 Å². The van der Waals surface area contributed by atoms with Gasteiger partial charge in [-0.2, -0.15) is 0 Å². The molecule has 1 aliphatic heterocycles. The van der Waals surface area contributed by atoms with Crippen molar-refractivity contribution in [3.05, 3.63) is 16.1 Å². The molecule has 148 valence electrons. The van der Waals surface area contributed by atoms with Gasteiger partial charge in [0.25, 0.3) is 0 Å². The van der Waals surface area contributed by atoms with Gasteiger partial charge < -0.3 is 15.5 Å². The van der Waals surface area contributed by atoms with Crippen LogP contribution in [-0.2, 0) is 11.8 Å².